The first-order chi connectivity index (χ1) is 14.0. The molecule has 4 rings (SSSR count). The van der Waals surface area contributed by atoms with Crippen LogP contribution < -0.4 is 15.4 Å². The Morgan fingerprint density at radius 3 is 2.66 bits per heavy atom. The number of nitrogens with zero attached hydrogens (tertiary/aromatic N) is 2. The van der Waals surface area contributed by atoms with Crippen LogP contribution in [0.3, 0.4) is 0 Å². The molecule has 0 spiro atoms. The van der Waals surface area contributed by atoms with Crippen LogP contribution in [0.25, 0.3) is 21.9 Å². The summed E-state index contributed by atoms with van der Waals surface area (Å²) in [5.41, 5.74) is 3.32. The minimum atomic E-state index is -0.791. The van der Waals surface area contributed by atoms with Gasteiger partial charge >= 0.3 is 11.8 Å². The SMILES string of the molecule is COc1cc2c(cc1NC(=O)C(=O)NCc1cn(C)nc1C)oc1ccccc12. The third-order valence-corrected chi connectivity index (χ3v) is 4.71. The van der Waals surface area contributed by atoms with Gasteiger partial charge in [0.1, 0.15) is 16.9 Å². The number of rotatable bonds is 4. The van der Waals surface area contributed by atoms with E-state index in [1.54, 1.807) is 30.1 Å². The molecule has 2 amide bonds. The van der Waals surface area contributed by atoms with Gasteiger partial charge in [-0.2, -0.15) is 5.10 Å². The van der Waals surface area contributed by atoms with Crippen LogP contribution in [-0.2, 0) is 23.2 Å². The number of nitrogens with one attached hydrogen (secondary N) is 2. The number of ether oxygens (including phenoxy) is 1. The summed E-state index contributed by atoms with van der Waals surface area (Å²) in [5.74, 6) is -1.10. The van der Waals surface area contributed by atoms with E-state index >= 15 is 0 Å². The maximum atomic E-state index is 12.4. The molecule has 8 heteroatoms. The quantitative estimate of drug-likeness (QED) is 0.521. The van der Waals surface area contributed by atoms with E-state index in [-0.39, 0.29) is 6.54 Å². The van der Waals surface area contributed by atoms with E-state index < -0.39 is 11.8 Å². The van der Waals surface area contributed by atoms with E-state index in [2.05, 4.69) is 15.7 Å². The predicted octanol–water partition coefficient (Wildman–Crippen LogP) is 2.89. The van der Waals surface area contributed by atoms with Crippen molar-refractivity contribution in [2.75, 3.05) is 12.4 Å². The summed E-state index contributed by atoms with van der Waals surface area (Å²) in [6, 6.07) is 11.1. The lowest BCUT2D eigenvalue weighted by Crippen LogP contribution is -2.35. The number of hydrogen-bond acceptors (Lipinski definition) is 5. The summed E-state index contributed by atoms with van der Waals surface area (Å²) < 4.78 is 12.9. The molecule has 29 heavy (non-hydrogen) atoms. The van der Waals surface area contributed by atoms with Crippen LogP contribution >= 0.6 is 0 Å². The second-order valence-corrected chi connectivity index (χ2v) is 6.70. The van der Waals surface area contributed by atoms with Crippen molar-refractivity contribution in [3.63, 3.8) is 0 Å². The monoisotopic (exact) mass is 392 g/mol. The van der Waals surface area contributed by atoms with Crippen LogP contribution in [0, 0.1) is 6.92 Å². The zero-order valence-corrected chi connectivity index (χ0v) is 16.3. The van der Waals surface area contributed by atoms with E-state index in [0.29, 0.717) is 17.0 Å². The third kappa shape index (κ3) is 3.52. The van der Waals surface area contributed by atoms with Gasteiger partial charge in [-0.3, -0.25) is 14.3 Å². The van der Waals surface area contributed by atoms with Gasteiger partial charge in [-0.1, -0.05) is 18.2 Å². The largest absolute Gasteiger partial charge is 0.495 e. The van der Waals surface area contributed by atoms with E-state index in [0.717, 1.165) is 27.6 Å². The highest BCUT2D eigenvalue weighted by Crippen LogP contribution is 2.36. The Morgan fingerprint density at radius 2 is 1.93 bits per heavy atom. The number of amides is 2. The molecule has 0 bridgehead atoms. The van der Waals surface area contributed by atoms with Crippen molar-refractivity contribution in [1.29, 1.82) is 0 Å². The summed E-state index contributed by atoms with van der Waals surface area (Å²) in [6.45, 7) is 2.06. The normalized spacial score (nSPS) is 11.0. The van der Waals surface area contributed by atoms with E-state index in [9.17, 15) is 9.59 Å². The standard InChI is InChI=1S/C21H20N4O4/c1-12-13(11-25(2)24-12)10-22-20(26)21(27)23-16-9-18-15(8-19(16)28-3)14-6-4-5-7-17(14)29-18/h4-9,11H,10H2,1-3H3,(H,22,26)(H,23,27). The molecule has 2 heterocycles. The zero-order valence-electron chi connectivity index (χ0n) is 16.3. The van der Waals surface area contributed by atoms with Crippen molar-refractivity contribution < 1.29 is 18.7 Å². The van der Waals surface area contributed by atoms with Crippen LogP contribution in [0.15, 0.2) is 47.0 Å². The van der Waals surface area contributed by atoms with E-state index in [1.165, 1.54) is 7.11 Å². The minimum Gasteiger partial charge on any atom is -0.495 e. The van der Waals surface area contributed by atoms with Crippen LogP contribution in [0.2, 0.25) is 0 Å². The van der Waals surface area contributed by atoms with Gasteiger partial charge in [-0.05, 0) is 19.1 Å². The molecule has 2 aromatic heterocycles. The number of carbonyl (C=O) groups excluding carboxylic acids is 2. The average molecular weight is 392 g/mol. The first kappa shape index (κ1) is 18.5. The first-order valence-corrected chi connectivity index (χ1v) is 9.04. The highest BCUT2D eigenvalue weighted by molar-refractivity contribution is 6.39. The van der Waals surface area contributed by atoms with Gasteiger partial charge in [-0.15, -0.1) is 0 Å². The molecule has 2 aromatic carbocycles. The molecule has 8 nitrogen and oxygen atoms in total. The van der Waals surface area contributed by atoms with Gasteiger partial charge in [-0.25, -0.2) is 0 Å². The number of fused-ring (bicyclic) bond motifs is 3. The summed E-state index contributed by atoms with van der Waals surface area (Å²) in [4.78, 5) is 24.6. The predicted molar refractivity (Wildman–Crippen MR) is 109 cm³/mol. The maximum Gasteiger partial charge on any atom is 0.313 e. The molecule has 4 aromatic rings. The lowest BCUT2D eigenvalue weighted by atomic mass is 10.1. The Hall–Kier alpha value is -3.81. The lowest BCUT2D eigenvalue weighted by Gasteiger charge is -2.10. The zero-order chi connectivity index (χ0) is 20.5. The summed E-state index contributed by atoms with van der Waals surface area (Å²) in [6.07, 6.45) is 1.80. The van der Waals surface area contributed by atoms with E-state index in [1.807, 2.05) is 31.2 Å². The molecule has 0 fully saturated rings. The molecule has 0 unspecified atom stereocenters. The van der Waals surface area contributed by atoms with Gasteiger partial charge < -0.3 is 19.8 Å². The Balaban J connectivity index is 1.54. The highest BCUT2D eigenvalue weighted by Gasteiger charge is 2.18. The average Bonchev–Trinajstić information content (AvgIpc) is 3.23. The second kappa shape index (κ2) is 7.31. The topological polar surface area (TPSA) is 98.4 Å². The Kier molecular flexibility index (Phi) is 4.67. The molecular weight excluding hydrogens is 372 g/mol. The lowest BCUT2D eigenvalue weighted by molar-refractivity contribution is -0.136. The molecule has 0 atom stereocenters. The summed E-state index contributed by atoms with van der Waals surface area (Å²) in [5, 5.41) is 11.2. The molecule has 0 aliphatic rings. The fourth-order valence-corrected chi connectivity index (χ4v) is 3.28. The van der Waals surface area contributed by atoms with Gasteiger partial charge in [0.25, 0.3) is 0 Å². The fraction of sp³-hybridized carbons (Fsp3) is 0.190. The number of benzene rings is 2. The van der Waals surface area contributed by atoms with Crippen LogP contribution in [0.4, 0.5) is 5.69 Å². The van der Waals surface area contributed by atoms with Gasteiger partial charge in [0.15, 0.2) is 0 Å². The first-order valence-electron chi connectivity index (χ1n) is 9.04. The van der Waals surface area contributed by atoms with Crippen molar-refractivity contribution in [1.82, 2.24) is 15.1 Å². The molecule has 0 aliphatic heterocycles. The van der Waals surface area contributed by atoms with Crippen molar-refractivity contribution in [2.24, 2.45) is 7.05 Å². The third-order valence-electron chi connectivity index (χ3n) is 4.71. The van der Waals surface area contributed by atoms with Crippen LogP contribution in [0.5, 0.6) is 5.75 Å². The number of methoxy groups -OCH3 is 1. The summed E-state index contributed by atoms with van der Waals surface area (Å²) in [7, 11) is 3.30. The Labute approximate surface area is 166 Å². The second-order valence-electron chi connectivity index (χ2n) is 6.70. The number of furan rings is 1. The molecule has 0 aliphatic carbocycles. The highest BCUT2D eigenvalue weighted by atomic mass is 16.5. The number of hydrogen-bond donors (Lipinski definition) is 2. The van der Waals surface area contributed by atoms with Crippen LogP contribution in [-0.4, -0.2) is 28.7 Å². The van der Waals surface area contributed by atoms with Gasteiger partial charge in [0.2, 0.25) is 0 Å². The molecule has 2 N–H and O–H groups in total. The van der Waals surface area contributed by atoms with E-state index in [4.69, 9.17) is 9.15 Å². The maximum absolute atomic E-state index is 12.4. The van der Waals surface area contributed by atoms with Crippen LogP contribution in [0.1, 0.15) is 11.3 Å². The van der Waals surface area contributed by atoms with Crippen molar-refractivity contribution in [3.8, 4) is 5.75 Å². The Morgan fingerprint density at radius 1 is 1.14 bits per heavy atom. The number of anilines is 1. The van der Waals surface area contributed by atoms with Crippen molar-refractivity contribution in [3.05, 3.63) is 53.9 Å². The molecule has 0 saturated carbocycles. The Bertz CT molecular complexity index is 1240. The smallest absolute Gasteiger partial charge is 0.313 e. The summed E-state index contributed by atoms with van der Waals surface area (Å²) >= 11 is 0. The molecular formula is C21H20N4O4. The number of aromatic nitrogens is 2. The molecule has 148 valence electrons. The van der Waals surface area contributed by atoms with Crippen molar-refractivity contribution >= 4 is 39.4 Å². The van der Waals surface area contributed by atoms with Gasteiger partial charge in [0, 0.05) is 42.2 Å². The minimum absolute atomic E-state index is 0.214. The fourth-order valence-electron chi connectivity index (χ4n) is 3.28. The number of carbonyl (C=O) groups is 2. The van der Waals surface area contributed by atoms with Crippen molar-refractivity contribution in [2.45, 2.75) is 13.5 Å². The van der Waals surface area contributed by atoms with Gasteiger partial charge in [0.05, 0.1) is 18.5 Å². The molecule has 0 radical (unpaired) electrons. The number of aryl methyl sites for hydroxylation is 2. The molecule has 0 saturated heterocycles. The number of para-hydroxylation sites is 1.